The third kappa shape index (κ3) is 56.7. The maximum atomic E-state index is 12.5. The molecule has 1 amide bonds. The van der Waals surface area contributed by atoms with Crippen LogP contribution in [-0.2, 0) is 14.3 Å². The quantitative estimate of drug-likeness (QED) is 0.0321. The number of carbonyl (C=O) groups is 2. The molecule has 0 radical (unpaired) electrons. The van der Waals surface area contributed by atoms with Gasteiger partial charge in [-0.15, -0.1) is 0 Å². The van der Waals surface area contributed by atoms with Crippen molar-refractivity contribution in [2.45, 2.75) is 328 Å². The molecule has 0 aromatic heterocycles. The maximum Gasteiger partial charge on any atom is 0.305 e. The van der Waals surface area contributed by atoms with Crippen LogP contribution >= 0.6 is 0 Å². The van der Waals surface area contributed by atoms with Gasteiger partial charge in [0.15, 0.2) is 0 Å². The summed E-state index contributed by atoms with van der Waals surface area (Å²) in [6.07, 6.45) is 78.3. The zero-order valence-corrected chi connectivity index (χ0v) is 47.2. The highest BCUT2D eigenvalue weighted by Gasteiger charge is 2.18. The number of unbranched alkanes of at least 4 members (excludes halogenated alkanes) is 38. The minimum atomic E-state index is -0.858. The average Bonchev–Trinajstić information content (AvgIpc) is 3.37. The molecule has 414 valence electrons. The number of aliphatic hydroxyl groups excluding tert-OH is 2. The molecule has 0 bridgehead atoms. The van der Waals surface area contributed by atoms with Crippen LogP contribution in [0.1, 0.15) is 316 Å². The van der Waals surface area contributed by atoms with Crippen molar-refractivity contribution in [3.63, 3.8) is 0 Å². The zero-order valence-electron chi connectivity index (χ0n) is 47.2. The van der Waals surface area contributed by atoms with Gasteiger partial charge in [0.1, 0.15) is 0 Å². The number of aliphatic hydroxyl groups is 2. The van der Waals surface area contributed by atoms with Crippen molar-refractivity contribution < 1.29 is 24.5 Å². The van der Waals surface area contributed by atoms with E-state index < -0.39 is 12.1 Å². The fourth-order valence-corrected chi connectivity index (χ4v) is 9.21. The minimum Gasteiger partial charge on any atom is -0.466 e. The Hall–Kier alpha value is -2.44. The predicted molar refractivity (Wildman–Crippen MR) is 310 cm³/mol. The summed E-state index contributed by atoms with van der Waals surface area (Å²) in [5, 5.41) is 23.2. The van der Waals surface area contributed by atoms with E-state index in [1.165, 1.54) is 193 Å². The Morgan fingerprint density at radius 2 is 0.718 bits per heavy atom. The summed E-state index contributed by atoms with van der Waals surface area (Å²) in [4.78, 5) is 24.5. The van der Waals surface area contributed by atoms with Crippen LogP contribution in [0.3, 0.4) is 0 Å². The van der Waals surface area contributed by atoms with E-state index >= 15 is 0 Å². The first-order chi connectivity index (χ1) is 35.0. The van der Waals surface area contributed by atoms with E-state index in [4.69, 9.17) is 4.74 Å². The number of carbonyl (C=O) groups excluding carboxylic acids is 2. The van der Waals surface area contributed by atoms with Gasteiger partial charge in [0.25, 0.3) is 0 Å². The second-order valence-corrected chi connectivity index (χ2v) is 21.0. The molecule has 2 atom stereocenters. The molecule has 2 unspecified atom stereocenters. The number of allylic oxidation sites excluding steroid dienone is 9. The third-order valence-electron chi connectivity index (χ3n) is 14.0. The molecule has 6 heteroatoms. The summed E-state index contributed by atoms with van der Waals surface area (Å²) in [5.74, 6) is -0.114. The number of esters is 1. The largest absolute Gasteiger partial charge is 0.466 e. The standard InChI is InChI=1S/C65H119NO5/c1-3-5-7-9-11-13-15-17-19-20-21-22-23-24-25-27-30-33-37-41-45-49-53-57-63(68)62(61-67)66-64(69)58-54-50-46-42-38-34-31-28-26-29-32-36-40-44-48-52-56-60-71-65(70)59-55-51-47-43-39-35-18-16-14-12-10-8-6-4-2/h10,12,16,18,26,29,36,40,53,57,62-63,67-68H,3-9,11,13-15,17,19-25,27-28,30-35,37-39,41-52,54-56,58-61H2,1-2H3,(H,66,69)/b12-10-,18-16-,29-26-,40-36-,57-53+. The lowest BCUT2D eigenvalue weighted by molar-refractivity contribution is -0.143. The molecule has 0 saturated carbocycles. The fraction of sp³-hybridized carbons (Fsp3) is 0.815. The molecule has 0 saturated heterocycles. The van der Waals surface area contributed by atoms with E-state index in [-0.39, 0.29) is 18.5 Å². The Kier molecular flexibility index (Phi) is 58.1. The average molecular weight is 995 g/mol. The first kappa shape index (κ1) is 68.6. The minimum absolute atomic E-state index is 0.0314. The molecule has 0 rings (SSSR count). The fourth-order valence-electron chi connectivity index (χ4n) is 9.21. The molecule has 0 aromatic carbocycles. The molecule has 3 N–H and O–H groups in total. The van der Waals surface area contributed by atoms with Crippen molar-refractivity contribution in [1.82, 2.24) is 5.32 Å². The van der Waals surface area contributed by atoms with E-state index in [2.05, 4.69) is 67.8 Å². The molecule has 6 nitrogen and oxygen atoms in total. The second-order valence-electron chi connectivity index (χ2n) is 21.0. The van der Waals surface area contributed by atoms with Gasteiger partial charge in [-0.2, -0.15) is 0 Å². The van der Waals surface area contributed by atoms with Crippen molar-refractivity contribution in [2.75, 3.05) is 13.2 Å². The van der Waals surface area contributed by atoms with E-state index in [1.807, 2.05) is 6.08 Å². The van der Waals surface area contributed by atoms with E-state index in [9.17, 15) is 19.8 Å². The SMILES string of the molecule is CCCC/C=C\C/C=C\CCCCCCCC(=O)OCCCCC/C=C\C/C=C\CCCCCCCCCC(=O)NC(CO)C(O)/C=C/CCCCCCCCCCCCCCCCCCCCCCC. The van der Waals surface area contributed by atoms with Crippen LogP contribution in [0.2, 0.25) is 0 Å². The normalized spacial score (nSPS) is 13.0. The topological polar surface area (TPSA) is 95.9 Å². The summed E-state index contributed by atoms with van der Waals surface area (Å²) in [5.41, 5.74) is 0. The van der Waals surface area contributed by atoms with Gasteiger partial charge in [-0.25, -0.2) is 0 Å². The first-order valence-electron chi connectivity index (χ1n) is 31.1. The van der Waals surface area contributed by atoms with Crippen LogP contribution in [0.15, 0.2) is 60.8 Å². The summed E-state index contributed by atoms with van der Waals surface area (Å²) < 4.78 is 5.44. The van der Waals surface area contributed by atoms with Gasteiger partial charge in [0.05, 0.1) is 25.4 Å². The Morgan fingerprint density at radius 1 is 0.394 bits per heavy atom. The van der Waals surface area contributed by atoms with Gasteiger partial charge >= 0.3 is 5.97 Å². The Balaban J connectivity index is 3.54. The number of ether oxygens (including phenoxy) is 1. The van der Waals surface area contributed by atoms with Crippen molar-refractivity contribution in [1.29, 1.82) is 0 Å². The van der Waals surface area contributed by atoms with Crippen molar-refractivity contribution in [3.8, 4) is 0 Å². The number of amides is 1. The van der Waals surface area contributed by atoms with E-state index in [1.54, 1.807) is 6.08 Å². The molecular formula is C65H119NO5. The zero-order chi connectivity index (χ0) is 51.4. The smallest absolute Gasteiger partial charge is 0.305 e. The van der Waals surface area contributed by atoms with Crippen molar-refractivity contribution in [3.05, 3.63) is 60.8 Å². The van der Waals surface area contributed by atoms with Gasteiger partial charge in [-0.05, 0) is 96.3 Å². The van der Waals surface area contributed by atoms with Crippen LogP contribution in [0.5, 0.6) is 0 Å². The molecule has 0 aliphatic heterocycles. The van der Waals surface area contributed by atoms with Gasteiger partial charge < -0.3 is 20.3 Å². The van der Waals surface area contributed by atoms with Gasteiger partial charge in [0, 0.05) is 12.8 Å². The lowest BCUT2D eigenvalue weighted by atomic mass is 10.0. The highest BCUT2D eigenvalue weighted by atomic mass is 16.5. The molecular weight excluding hydrogens is 875 g/mol. The summed E-state index contributed by atoms with van der Waals surface area (Å²) in [6, 6.07) is -0.643. The second kappa shape index (κ2) is 60.1. The number of hydrogen-bond acceptors (Lipinski definition) is 5. The van der Waals surface area contributed by atoms with Crippen LogP contribution in [0, 0.1) is 0 Å². The molecule has 0 spiro atoms. The van der Waals surface area contributed by atoms with E-state index in [0.717, 1.165) is 96.3 Å². The molecule has 71 heavy (non-hydrogen) atoms. The van der Waals surface area contributed by atoms with Crippen LogP contribution in [0.25, 0.3) is 0 Å². The number of nitrogens with one attached hydrogen (secondary N) is 1. The van der Waals surface area contributed by atoms with Crippen molar-refractivity contribution >= 4 is 11.9 Å². The van der Waals surface area contributed by atoms with E-state index in [0.29, 0.717) is 19.4 Å². The lowest BCUT2D eigenvalue weighted by Gasteiger charge is -2.20. The highest BCUT2D eigenvalue weighted by Crippen LogP contribution is 2.17. The molecule has 0 aliphatic carbocycles. The first-order valence-corrected chi connectivity index (χ1v) is 31.1. The predicted octanol–water partition coefficient (Wildman–Crippen LogP) is 19.5. The Bertz CT molecular complexity index is 1240. The molecule has 0 fully saturated rings. The number of rotatable bonds is 57. The van der Waals surface area contributed by atoms with Crippen LogP contribution in [-0.4, -0.2) is 47.4 Å². The molecule has 0 heterocycles. The summed E-state index contributed by atoms with van der Waals surface area (Å²) in [6.45, 7) is 4.82. The Morgan fingerprint density at radius 3 is 1.11 bits per heavy atom. The maximum absolute atomic E-state index is 12.5. The van der Waals surface area contributed by atoms with Gasteiger partial charge in [-0.1, -0.05) is 267 Å². The van der Waals surface area contributed by atoms with Gasteiger partial charge in [-0.3, -0.25) is 9.59 Å². The van der Waals surface area contributed by atoms with Gasteiger partial charge in [0.2, 0.25) is 5.91 Å². The van der Waals surface area contributed by atoms with Crippen molar-refractivity contribution in [2.24, 2.45) is 0 Å². The number of hydrogen-bond donors (Lipinski definition) is 3. The lowest BCUT2D eigenvalue weighted by Crippen LogP contribution is -2.45. The Labute approximate surface area is 441 Å². The van der Waals surface area contributed by atoms with Crippen LogP contribution < -0.4 is 5.32 Å². The molecule has 0 aromatic rings. The summed E-state index contributed by atoms with van der Waals surface area (Å²) in [7, 11) is 0. The summed E-state index contributed by atoms with van der Waals surface area (Å²) >= 11 is 0. The molecule has 0 aliphatic rings. The third-order valence-corrected chi connectivity index (χ3v) is 14.0. The highest BCUT2D eigenvalue weighted by molar-refractivity contribution is 5.76. The monoisotopic (exact) mass is 994 g/mol. The van der Waals surface area contributed by atoms with Crippen LogP contribution in [0.4, 0.5) is 0 Å².